The van der Waals surface area contributed by atoms with E-state index >= 15 is 0 Å². The highest BCUT2D eigenvalue weighted by Crippen LogP contribution is 2.30. The van der Waals surface area contributed by atoms with Crippen LogP contribution >= 0.6 is 0 Å². The van der Waals surface area contributed by atoms with E-state index in [0.29, 0.717) is 28.5 Å². The summed E-state index contributed by atoms with van der Waals surface area (Å²) in [5.74, 6) is 0.831. The summed E-state index contributed by atoms with van der Waals surface area (Å²) in [7, 11) is 3.31. The predicted molar refractivity (Wildman–Crippen MR) is 103 cm³/mol. The first-order valence-corrected chi connectivity index (χ1v) is 8.89. The second-order valence-electron chi connectivity index (χ2n) is 6.49. The first kappa shape index (κ1) is 17.1. The Balaban J connectivity index is 1.76. The minimum absolute atomic E-state index is 0.0742. The molecule has 1 aliphatic carbocycles. The maximum Gasteiger partial charge on any atom is 0.274 e. The minimum Gasteiger partial charge on any atom is -0.373 e. The van der Waals surface area contributed by atoms with Crippen LogP contribution in [0.4, 0.5) is 17.3 Å². The van der Waals surface area contributed by atoms with Crippen LogP contribution in [0.3, 0.4) is 0 Å². The Morgan fingerprint density at radius 2 is 2.11 bits per heavy atom. The molecular formula is C18H21N7O2. The fourth-order valence-corrected chi connectivity index (χ4v) is 3.20. The smallest absolute Gasteiger partial charge is 0.274 e. The SMILES string of the molecule is CNC(=O)c1cnn2c(NC)cc(Nc3cccn(C4CCC4)c3=O)nc12. The fourth-order valence-electron chi connectivity index (χ4n) is 3.20. The lowest BCUT2D eigenvalue weighted by Crippen LogP contribution is -2.29. The van der Waals surface area contributed by atoms with Gasteiger partial charge in [-0.05, 0) is 31.4 Å². The summed E-state index contributed by atoms with van der Waals surface area (Å²) < 4.78 is 3.32. The van der Waals surface area contributed by atoms with Crippen molar-refractivity contribution >= 4 is 28.9 Å². The van der Waals surface area contributed by atoms with E-state index in [1.54, 1.807) is 35.3 Å². The molecule has 0 aliphatic heterocycles. The lowest BCUT2D eigenvalue weighted by Gasteiger charge is -2.27. The van der Waals surface area contributed by atoms with E-state index in [0.717, 1.165) is 19.3 Å². The van der Waals surface area contributed by atoms with Crippen LogP contribution in [0, 0.1) is 0 Å². The van der Waals surface area contributed by atoms with Crippen LogP contribution in [0.5, 0.6) is 0 Å². The molecule has 4 rings (SSSR count). The molecule has 0 bridgehead atoms. The van der Waals surface area contributed by atoms with Gasteiger partial charge in [0, 0.05) is 32.4 Å². The van der Waals surface area contributed by atoms with Crippen molar-refractivity contribution in [1.29, 1.82) is 0 Å². The van der Waals surface area contributed by atoms with Crippen LogP contribution in [0.1, 0.15) is 35.7 Å². The number of nitrogens with one attached hydrogen (secondary N) is 3. The summed E-state index contributed by atoms with van der Waals surface area (Å²) in [6, 6.07) is 5.61. The van der Waals surface area contributed by atoms with Crippen LogP contribution in [-0.2, 0) is 0 Å². The third-order valence-electron chi connectivity index (χ3n) is 4.90. The molecule has 27 heavy (non-hydrogen) atoms. The van der Waals surface area contributed by atoms with Crippen LogP contribution in [0.15, 0.2) is 35.4 Å². The van der Waals surface area contributed by atoms with Gasteiger partial charge in [0.1, 0.15) is 22.9 Å². The number of hydrogen-bond acceptors (Lipinski definition) is 6. The van der Waals surface area contributed by atoms with Crippen LogP contribution in [-0.4, -0.2) is 39.2 Å². The summed E-state index contributed by atoms with van der Waals surface area (Å²) in [4.78, 5) is 29.3. The third kappa shape index (κ3) is 2.90. The van der Waals surface area contributed by atoms with Crippen molar-refractivity contribution in [2.24, 2.45) is 0 Å². The molecule has 9 nitrogen and oxygen atoms in total. The molecule has 3 aromatic rings. The van der Waals surface area contributed by atoms with E-state index in [4.69, 9.17) is 0 Å². The van der Waals surface area contributed by atoms with E-state index in [-0.39, 0.29) is 17.5 Å². The Kier molecular flexibility index (Phi) is 4.27. The number of carbonyl (C=O) groups is 1. The van der Waals surface area contributed by atoms with Gasteiger partial charge in [0.05, 0.1) is 6.20 Å². The number of fused-ring (bicyclic) bond motifs is 1. The van der Waals surface area contributed by atoms with Gasteiger partial charge in [-0.25, -0.2) is 4.98 Å². The molecule has 1 fully saturated rings. The first-order valence-electron chi connectivity index (χ1n) is 8.89. The molecule has 140 valence electrons. The van der Waals surface area contributed by atoms with Gasteiger partial charge in [0.25, 0.3) is 11.5 Å². The maximum atomic E-state index is 12.8. The Morgan fingerprint density at radius 1 is 1.30 bits per heavy atom. The number of anilines is 3. The van der Waals surface area contributed by atoms with Crippen molar-refractivity contribution in [3.63, 3.8) is 0 Å². The molecule has 0 saturated heterocycles. The Hall–Kier alpha value is -3.36. The van der Waals surface area contributed by atoms with Gasteiger partial charge < -0.3 is 20.5 Å². The minimum atomic E-state index is -0.274. The lowest BCUT2D eigenvalue weighted by atomic mass is 9.93. The Labute approximate surface area is 155 Å². The monoisotopic (exact) mass is 367 g/mol. The average Bonchev–Trinajstić information content (AvgIpc) is 3.06. The van der Waals surface area contributed by atoms with Crippen molar-refractivity contribution in [3.8, 4) is 0 Å². The topological polar surface area (TPSA) is 105 Å². The van der Waals surface area contributed by atoms with Crippen molar-refractivity contribution in [2.45, 2.75) is 25.3 Å². The van der Waals surface area contributed by atoms with Gasteiger partial charge in [-0.3, -0.25) is 9.59 Å². The summed E-state index contributed by atoms with van der Waals surface area (Å²) in [5, 5.41) is 12.9. The number of rotatable bonds is 5. The van der Waals surface area contributed by atoms with Crippen LogP contribution in [0.25, 0.3) is 5.65 Å². The van der Waals surface area contributed by atoms with Crippen molar-refractivity contribution in [1.82, 2.24) is 24.5 Å². The third-order valence-corrected chi connectivity index (χ3v) is 4.90. The van der Waals surface area contributed by atoms with Crippen LogP contribution < -0.4 is 21.5 Å². The molecule has 0 unspecified atom stereocenters. The Bertz CT molecular complexity index is 1070. The Morgan fingerprint density at radius 3 is 2.78 bits per heavy atom. The number of aromatic nitrogens is 4. The number of carbonyl (C=O) groups excluding carboxylic acids is 1. The summed E-state index contributed by atoms with van der Waals surface area (Å²) >= 11 is 0. The molecule has 3 aromatic heterocycles. The summed E-state index contributed by atoms with van der Waals surface area (Å²) in [6.45, 7) is 0. The zero-order valence-electron chi connectivity index (χ0n) is 15.2. The molecule has 0 aromatic carbocycles. The van der Waals surface area contributed by atoms with E-state index in [1.165, 1.54) is 6.20 Å². The van der Waals surface area contributed by atoms with E-state index in [9.17, 15) is 9.59 Å². The molecule has 0 spiro atoms. The van der Waals surface area contributed by atoms with Gasteiger partial charge in [-0.15, -0.1) is 0 Å². The highest BCUT2D eigenvalue weighted by atomic mass is 16.1. The van der Waals surface area contributed by atoms with E-state index < -0.39 is 0 Å². The highest BCUT2D eigenvalue weighted by Gasteiger charge is 2.21. The van der Waals surface area contributed by atoms with Gasteiger partial charge in [-0.2, -0.15) is 9.61 Å². The largest absolute Gasteiger partial charge is 0.373 e. The summed E-state index contributed by atoms with van der Waals surface area (Å²) in [6.07, 6.45) is 6.51. The molecule has 9 heteroatoms. The maximum absolute atomic E-state index is 12.8. The van der Waals surface area contributed by atoms with Crippen LogP contribution in [0.2, 0.25) is 0 Å². The van der Waals surface area contributed by atoms with Gasteiger partial charge in [0.2, 0.25) is 0 Å². The molecule has 3 N–H and O–H groups in total. The lowest BCUT2D eigenvalue weighted by molar-refractivity contribution is 0.0964. The number of amides is 1. The average molecular weight is 367 g/mol. The molecule has 0 atom stereocenters. The normalized spacial score (nSPS) is 14.0. The molecule has 3 heterocycles. The molecule has 1 aliphatic rings. The van der Waals surface area contributed by atoms with Crippen molar-refractivity contribution < 1.29 is 4.79 Å². The van der Waals surface area contributed by atoms with Gasteiger partial charge in [-0.1, -0.05) is 0 Å². The van der Waals surface area contributed by atoms with Gasteiger partial charge >= 0.3 is 0 Å². The van der Waals surface area contributed by atoms with Gasteiger partial charge in [0.15, 0.2) is 5.65 Å². The standard InChI is InChI=1S/C18H21N7O2/c1-19-15-9-14(23-16-12(17(26)20-2)10-21-25(15)16)22-13-7-4-8-24(18(13)27)11-5-3-6-11/h4,7-11,19H,3,5-6H2,1-2H3,(H,20,26)(H,22,23). The molecule has 1 amide bonds. The second kappa shape index (κ2) is 6.75. The first-order chi connectivity index (χ1) is 13.1. The number of pyridine rings is 1. The molecule has 1 saturated carbocycles. The highest BCUT2D eigenvalue weighted by molar-refractivity contribution is 5.99. The second-order valence-corrected chi connectivity index (χ2v) is 6.49. The van der Waals surface area contributed by atoms with E-state index in [2.05, 4.69) is 26.0 Å². The molecule has 0 radical (unpaired) electrons. The fraction of sp³-hybridized carbons (Fsp3) is 0.333. The van der Waals surface area contributed by atoms with Crippen molar-refractivity contribution in [2.75, 3.05) is 24.7 Å². The molecular weight excluding hydrogens is 346 g/mol. The van der Waals surface area contributed by atoms with Crippen molar-refractivity contribution in [3.05, 3.63) is 46.5 Å². The zero-order chi connectivity index (χ0) is 19.0. The quantitative estimate of drug-likeness (QED) is 0.635. The number of nitrogens with zero attached hydrogens (tertiary/aromatic N) is 4. The zero-order valence-corrected chi connectivity index (χ0v) is 15.2. The number of hydrogen-bond donors (Lipinski definition) is 3. The predicted octanol–water partition coefficient (Wildman–Crippen LogP) is 1.76. The van der Waals surface area contributed by atoms with E-state index in [1.807, 2.05) is 12.3 Å². The summed E-state index contributed by atoms with van der Waals surface area (Å²) in [5.41, 5.74) is 1.13.